The molecular weight excluding hydrogens is 360 g/mol. The molecule has 1 fully saturated rings. The highest BCUT2D eigenvalue weighted by Crippen LogP contribution is 2.43. The zero-order valence-electron chi connectivity index (χ0n) is 15.4. The third-order valence-corrected chi connectivity index (χ3v) is 7.06. The van der Waals surface area contributed by atoms with Gasteiger partial charge in [-0.25, -0.2) is 8.42 Å². The van der Waals surface area contributed by atoms with Gasteiger partial charge in [-0.2, -0.15) is 0 Å². The predicted molar refractivity (Wildman–Crippen MR) is 107 cm³/mol. The molecule has 1 aliphatic carbocycles. The maximum atomic E-state index is 12.7. The highest BCUT2D eigenvalue weighted by molar-refractivity contribution is 7.92. The Hall–Kier alpha value is -2.34. The average Bonchev–Trinajstić information content (AvgIpc) is 3.05. The van der Waals surface area contributed by atoms with E-state index in [1.165, 1.54) is 22.5 Å². The summed E-state index contributed by atoms with van der Waals surface area (Å²) in [6, 6.07) is 15.7. The van der Waals surface area contributed by atoms with Crippen LogP contribution in [0.3, 0.4) is 0 Å². The smallest absolute Gasteiger partial charge is 0.251 e. The molecule has 0 unspecified atom stereocenters. The summed E-state index contributed by atoms with van der Waals surface area (Å²) in [5.74, 6) is -0.0992. The van der Waals surface area contributed by atoms with Crippen LogP contribution in [0.15, 0.2) is 48.5 Å². The Morgan fingerprint density at radius 1 is 1.15 bits per heavy atom. The lowest BCUT2D eigenvalue weighted by Crippen LogP contribution is -2.45. The molecule has 0 atom stereocenters. The predicted octanol–water partition coefficient (Wildman–Crippen LogP) is 2.86. The summed E-state index contributed by atoms with van der Waals surface area (Å²) < 4.78 is 25.1. The molecule has 1 saturated carbocycles. The number of benzene rings is 2. The second-order valence-corrected chi connectivity index (χ2v) is 9.52. The van der Waals surface area contributed by atoms with Crippen molar-refractivity contribution in [3.63, 3.8) is 0 Å². The first-order chi connectivity index (χ1) is 12.9. The van der Waals surface area contributed by atoms with Crippen molar-refractivity contribution in [2.24, 2.45) is 0 Å². The molecular formula is C21H24N2O3S. The van der Waals surface area contributed by atoms with Crippen molar-refractivity contribution in [3.8, 4) is 0 Å². The second kappa shape index (κ2) is 6.68. The van der Waals surface area contributed by atoms with Gasteiger partial charge in [-0.05, 0) is 48.6 Å². The lowest BCUT2D eigenvalue weighted by Gasteiger charge is -2.42. The minimum absolute atomic E-state index is 0.0424. The van der Waals surface area contributed by atoms with Crippen LogP contribution >= 0.6 is 0 Å². The third kappa shape index (κ3) is 3.34. The zero-order valence-corrected chi connectivity index (χ0v) is 16.3. The summed E-state index contributed by atoms with van der Waals surface area (Å²) in [6.07, 6.45) is 5.21. The lowest BCUT2D eigenvalue weighted by molar-refractivity contribution is 0.0928. The standard InChI is InChI=1S/C21H24N2O3S/c1-27(25,26)23-13-10-16-14-17(8-9-19(16)23)20(24)22-15-21(11-5-12-21)18-6-3-2-4-7-18/h2-4,6-9,14H,5,10-13,15H2,1H3,(H,22,24). The summed E-state index contributed by atoms with van der Waals surface area (Å²) >= 11 is 0. The Kier molecular flexibility index (Phi) is 4.46. The SMILES string of the molecule is CS(=O)(=O)N1CCc2cc(C(=O)NCC3(c4ccccc4)CCC3)ccc21. The molecule has 2 aromatic carbocycles. The molecule has 4 rings (SSSR count). The van der Waals surface area contributed by atoms with Crippen molar-refractivity contribution in [2.45, 2.75) is 31.1 Å². The first kappa shape index (κ1) is 18.0. The van der Waals surface area contributed by atoms with Gasteiger partial charge in [0.15, 0.2) is 0 Å². The quantitative estimate of drug-likeness (QED) is 0.862. The molecule has 2 aliphatic rings. The second-order valence-electron chi connectivity index (χ2n) is 7.61. The van der Waals surface area contributed by atoms with Crippen molar-refractivity contribution in [2.75, 3.05) is 23.7 Å². The number of anilines is 1. The van der Waals surface area contributed by atoms with Crippen LogP contribution in [0.4, 0.5) is 5.69 Å². The van der Waals surface area contributed by atoms with Crippen molar-refractivity contribution in [3.05, 3.63) is 65.2 Å². The van der Waals surface area contributed by atoms with Crippen LogP contribution in [-0.2, 0) is 21.9 Å². The van der Waals surface area contributed by atoms with Crippen molar-refractivity contribution >= 4 is 21.6 Å². The van der Waals surface area contributed by atoms with Gasteiger partial charge in [-0.1, -0.05) is 36.8 Å². The summed E-state index contributed by atoms with van der Waals surface area (Å²) in [4.78, 5) is 12.7. The largest absolute Gasteiger partial charge is 0.351 e. The molecule has 1 aliphatic heterocycles. The van der Waals surface area contributed by atoms with Gasteiger partial charge in [-0.3, -0.25) is 9.10 Å². The van der Waals surface area contributed by atoms with Crippen LogP contribution in [0.2, 0.25) is 0 Å². The summed E-state index contributed by atoms with van der Waals surface area (Å²) in [6.45, 7) is 1.07. The number of carbonyl (C=O) groups is 1. The van der Waals surface area contributed by atoms with Crippen LogP contribution in [0.1, 0.15) is 40.7 Å². The van der Waals surface area contributed by atoms with Gasteiger partial charge in [0.2, 0.25) is 10.0 Å². The number of nitrogens with zero attached hydrogens (tertiary/aromatic N) is 1. The molecule has 2 aromatic rings. The van der Waals surface area contributed by atoms with Gasteiger partial charge >= 0.3 is 0 Å². The fourth-order valence-electron chi connectivity index (χ4n) is 4.17. The maximum Gasteiger partial charge on any atom is 0.251 e. The Balaban J connectivity index is 1.48. The minimum Gasteiger partial charge on any atom is -0.351 e. The van der Waals surface area contributed by atoms with Crippen LogP contribution in [0, 0.1) is 0 Å². The number of hydrogen-bond acceptors (Lipinski definition) is 3. The molecule has 0 bridgehead atoms. The van der Waals surface area contributed by atoms with E-state index < -0.39 is 10.0 Å². The van der Waals surface area contributed by atoms with Crippen molar-refractivity contribution < 1.29 is 13.2 Å². The molecule has 27 heavy (non-hydrogen) atoms. The molecule has 0 spiro atoms. The Labute approximate surface area is 160 Å². The van der Waals surface area contributed by atoms with E-state index in [2.05, 4.69) is 17.4 Å². The Morgan fingerprint density at radius 3 is 2.52 bits per heavy atom. The van der Waals surface area contributed by atoms with Crippen LogP contribution < -0.4 is 9.62 Å². The van der Waals surface area contributed by atoms with E-state index in [-0.39, 0.29) is 11.3 Å². The van der Waals surface area contributed by atoms with E-state index in [1.54, 1.807) is 12.1 Å². The number of nitrogens with one attached hydrogen (secondary N) is 1. The summed E-state index contributed by atoms with van der Waals surface area (Å²) in [7, 11) is -3.27. The monoisotopic (exact) mass is 384 g/mol. The summed E-state index contributed by atoms with van der Waals surface area (Å²) in [5.41, 5.74) is 3.52. The van der Waals surface area contributed by atoms with E-state index in [0.717, 1.165) is 18.4 Å². The fraction of sp³-hybridized carbons (Fsp3) is 0.381. The number of carbonyl (C=O) groups excluding carboxylic acids is 1. The molecule has 142 valence electrons. The number of rotatable bonds is 5. The van der Waals surface area contributed by atoms with Crippen LogP contribution in [0.5, 0.6) is 0 Å². The highest BCUT2D eigenvalue weighted by atomic mass is 32.2. The van der Waals surface area contributed by atoms with E-state index in [0.29, 0.717) is 30.8 Å². The number of fused-ring (bicyclic) bond motifs is 1. The molecule has 0 radical (unpaired) electrons. The molecule has 1 heterocycles. The molecule has 5 nitrogen and oxygen atoms in total. The maximum absolute atomic E-state index is 12.7. The van der Waals surface area contributed by atoms with Crippen molar-refractivity contribution in [1.82, 2.24) is 5.32 Å². The number of sulfonamides is 1. The number of hydrogen-bond donors (Lipinski definition) is 1. The van der Waals surface area contributed by atoms with Gasteiger partial charge in [0.05, 0.1) is 11.9 Å². The molecule has 0 saturated heterocycles. The third-order valence-electron chi connectivity index (χ3n) is 5.88. The van der Waals surface area contributed by atoms with E-state index in [1.807, 2.05) is 24.3 Å². The Bertz CT molecular complexity index is 966. The molecule has 0 aromatic heterocycles. The number of amides is 1. The van der Waals surface area contributed by atoms with Crippen LogP contribution in [-0.4, -0.2) is 33.7 Å². The van der Waals surface area contributed by atoms with Gasteiger partial charge in [-0.15, -0.1) is 0 Å². The lowest BCUT2D eigenvalue weighted by atomic mass is 9.64. The van der Waals surface area contributed by atoms with Gasteiger partial charge in [0, 0.05) is 24.1 Å². The van der Waals surface area contributed by atoms with E-state index in [9.17, 15) is 13.2 Å². The fourth-order valence-corrected chi connectivity index (χ4v) is 5.13. The molecule has 1 N–H and O–H groups in total. The molecule has 1 amide bonds. The van der Waals surface area contributed by atoms with E-state index >= 15 is 0 Å². The van der Waals surface area contributed by atoms with Crippen molar-refractivity contribution in [1.29, 1.82) is 0 Å². The topological polar surface area (TPSA) is 66.5 Å². The normalized spacial score (nSPS) is 17.9. The average molecular weight is 385 g/mol. The molecule has 6 heteroatoms. The van der Waals surface area contributed by atoms with Gasteiger partial charge in [0.1, 0.15) is 0 Å². The first-order valence-electron chi connectivity index (χ1n) is 9.33. The van der Waals surface area contributed by atoms with Gasteiger partial charge < -0.3 is 5.32 Å². The minimum atomic E-state index is -3.27. The highest BCUT2D eigenvalue weighted by Gasteiger charge is 2.38. The summed E-state index contributed by atoms with van der Waals surface area (Å²) in [5, 5.41) is 3.10. The van der Waals surface area contributed by atoms with E-state index in [4.69, 9.17) is 0 Å². The van der Waals surface area contributed by atoms with Gasteiger partial charge in [0.25, 0.3) is 5.91 Å². The Morgan fingerprint density at radius 2 is 1.89 bits per heavy atom. The van der Waals surface area contributed by atoms with Crippen LogP contribution in [0.25, 0.3) is 0 Å². The zero-order chi connectivity index (χ0) is 19.1. The first-order valence-corrected chi connectivity index (χ1v) is 11.2.